The summed E-state index contributed by atoms with van der Waals surface area (Å²) in [6, 6.07) is 10.5. The summed E-state index contributed by atoms with van der Waals surface area (Å²) < 4.78 is 38.7. The molecule has 1 fully saturated rings. The lowest BCUT2D eigenvalue weighted by Gasteiger charge is -2.28. The molecule has 2 N–H and O–H groups in total. The number of aromatic nitrogens is 3. The quantitative estimate of drug-likeness (QED) is 0.672. The fourth-order valence-corrected chi connectivity index (χ4v) is 3.39. The van der Waals surface area contributed by atoms with Crippen LogP contribution in [0.25, 0.3) is 11.1 Å². The summed E-state index contributed by atoms with van der Waals surface area (Å²) in [6.45, 7) is 5.55. The van der Waals surface area contributed by atoms with Crippen LogP contribution in [0.3, 0.4) is 0 Å². The number of benzene rings is 1. The number of anilines is 3. The van der Waals surface area contributed by atoms with E-state index in [4.69, 9.17) is 0 Å². The minimum Gasteiger partial charge on any atom is -0.354 e. The van der Waals surface area contributed by atoms with Crippen molar-refractivity contribution in [2.24, 2.45) is 0 Å². The van der Waals surface area contributed by atoms with Crippen LogP contribution in [0.1, 0.15) is 11.3 Å². The number of rotatable bonds is 4. The number of hydrogen-bond donors (Lipinski definition) is 2. The third-order valence-electron chi connectivity index (χ3n) is 4.80. The van der Waals surface area contributed by atoms with E-state index in [0.717, 1.165) is 61.0 Å². The summed E-state index contributed by atoms with van der Waals surface area (Å²) >= 11 is 0. The second kappa shape index (κ2) is 8.27. The molecule has 2 aromatic heterocycles. The molecule has 1 saturated heterocycles. The molecule has 0 radical (unpaired) electrons. The number of piperazine rings is 1. The lowest BCUT2D eigenvalue weighted by Crippen LogP contribution is -2.43. The molecule has 0 aliphatic carbocycles. The van der Waals surface area contributed by atoms with Crippen LogP contribution in [0.2, 0.25) is 0 Å². The lowest BCUT2D eigenvalue weighted by molar-refractivity contribution is -0.141. The maximum Gasteiger partial charge on any atom is 0.433 e. The highest BCUT2D eigenvalue weighted by Crippen LogP contribution is 2.30. The van der Waals surface area contributed by atoms with Gasteiger partial charge in [-0.15, -0.1) is 0 Å². The van der Waals surface area contributed by atoms with Gasteiger partial charge < -0.3 is 15.5 Å². The number of pyridine rings is 1. The first-order valence-electron chi connectivity index (χ1n) is 9.59. The number of aryl methyl sites for hydroxylation is 1. The maximum absolute atomic E-state index is 12.9. The van der Waals surface area contributed by atoms with E-state index >= 15 is 0 Å². The summed E-state index contributed by atoms with van der Waals surface area (Å²) in [5.74, 6) is 0.809. The van der Waals surface area contributed by atoms with E-state index in [0.29, 0.717) is 5.69 Å². The molecule has 1 aromatic carbocycles. The van der Waals surface area contributed by atoms with Crippen molar-refractivity contribution >= 4 is 17.5 Å². The lowest BCUT2D eigenvalue weighted by atomic mass is 10.0. The summed E-state index contributed by atoms with van der Waals surface area (Å²) in [7, 11) is 0. The van der Waals surface area contributed by atoms with Gasteiger partial charge in [0, 0.05) is 44.3 Å². The monoisotopic (exact) mass is 414 g/mol. The molecule has 156 valence electrons. The molecular weight excluding hydrogens is 393 g/mol. The van der Waals surface area contributed by atoms with Crippen LogP contribution in [0.15, 0.2) is 48.8 Å². The number of hydrogen-bond acceptors (Lipinski definition) is 6. The Labute approximate surface area is 172 Å². The van der Waals surface area contributed by atoms with Gasteiger partial charge in [-0.25, -0.2) is 15.0 Å². The first-order valence-corrected chi connectivity index (χ1v) is 9.59. The van der Waals surface area contributed by atoms with Gasteiger partial charge in [-0.05, 0) is 53.9 Å². The minimum atomic E-state index is -4.52. The molecule has 3 aromatic rings. The molecule has 6 nitrogen and oxygen atoms in total. The fourth-order valence-electron chi connectivity index (χ4n) is 3.39. The first-order chi connectivity index (χ1) is 14.4. The van der Waals surface area contributed by atoms with Crippen molar-refractivity contribution < 1.29 is 13.2 Å². The van der Waals surface area contributed by atoms with Crippen LogP contribution < -0.4 is 15.5 Å². The largest absolute Gasteiger partial charge is 0.433 e. The van der Waals surface area contributed by atoms with Crippen LogP contribution in [0.5, 0.6) is 0 Å². The predicted octanol–water partition coefficient (Wildman–Crippen LogP) is 4.02. The van der Waals surface area contributed by atoms with E-state index in [-0.39, 0.29) is 5.95 Å². The first kappa shape index (κ1) is 20.1. The maximum atomic E-state index is 12.9. The highest BCUT2D eigenvalue weighted by molar-refractivity contribution is 5.72. The fraction of sp³-hybridized carbons (Fsp3) is 0.286. The third kappa shape index (κ3) is 4.68. The Hall–Kier alpha value is -3.20. The average Bonchev–Trinajstić information content (AvgIpc) is 2.74. The molecule has 4 rings (SSSR count). The summed E-state index contributed by atoms with van der Waals surface area (Å²) in [6.07, 6.45) is -1.65. The van der Waals surface area contributed by atoms with Crippen LogP contribution in [0, 0.1) is 6.92 Å². The Morgan fingerprint density at radius 2 is 1.73 bits per heavy atom. The van der Waals surface area contributed by atoms with Crippen molar-refractivity contribution in [3.05, 3.63) is 60.0 Å². The highest BCUT2D eigenvalue weighted by Gasteiger charge is 2.32. The van der Waals surface area contributed by atoms with Gasteiger partial charge in [0.15, 0.2) is 0 Å². The molecule has 0 unspecified atom stereocenters. The number of nitrogens with one attached hydrogen (secondary N) is 2. The molecule has 9 heteroatoms. The number of nitrogens with zero attached hydrogens (tertiary/aromatic N) is 4. The molecule has 0 saturated carbocycles. The smallest absolute Gasteiger partial charge is 0.354 e. The topological polar surface area (TPSA) is 66.0 Å². The molecule has 0 bridgehead atoms. The van der Waals surface area contributed by atoms with Crippen molar-refractivity contribution in [1.82, 2.24) is 20.3 Å². The second-order valence-electron chi connectivity index (χ2n) is 7.12. The summed E-state index contributed by atoms with van der Waals surface area (Å²) in [5.41, 5.74) is 2.51. The normalized spacial score (nSPS) is 14.6. The van der Waals surface area contributed by atoms with Gasteiger partial charge in [0.1, 0.15) is 11.5 Å². The van der Waals surface area contributed by atoms with Crippen molar-refractivity contribution in [3.63, 3.8) is 0 Å². The van der Waals surface area contributed by atoms with E-state index < -0.39 is 11.9 Å². The zero-order valence-corrected chi connectivity index (χ0v) is 16.4. The summed E-state index contributed by atoms with van der Waals surface area (Å²) in [5, 5.41) is 6.21. The van der Waals surface area contributed by atoms with Crippen molar-refractivity contribution in [2.45, 2.75) is 13.1 Å². The van der Waals surface area contributed by atoms with Gasteiger partial charge in [0.05, 0.1) is 0 Å². The number of halogens is 3. The Balaban J connectivity index is 1.61. The van der Waals surface area contributed by atoms with E-state index in [1.807, 2.05) is 37.3 Å². The van der Waals surface area contributed by atoms with E-state index in [2.05, 4.69) is 30.5 Å². The Morgan fingerprint density at radius 3 is 2.50 bits per heavy atom. The highest BCUT2D eigenvalue weighted by atomic mass is 19.4. The zero-order valence-electron chi connectivity index (χ0n) is 16.4. The Kier molecular flexibility index (Phi) is 5.54. The Bertz CT molecular complexity index is 1030. The van der Waals surface area contributed by atoms with E-state index in [1.165, 1.54) is 0 Å². The van der Waals surface area contributed by atoms with Crippen LogP contribution in [0.4, 0.5) is 30.6 Å². The third-order valence-corrected chi connectivity index (χ3v) is 4.80. The number of alkyl halides is 3. The molecule has 0 atom stereocenters. The molecule has 1 aliphatic rings. The molecule has 0 spiro atoms. The minimum absolute atomic E-state index is 0.0994. The SMILES string of the molecule is Cc1cc(Nc2nccc(C(F)(F)F)n2)cc(-c2ccnc(N3CCNCC3)c2)c1. The van der Waals surface area contributed by atoms with Gasteiger partial charge in [0.2, 0.25) is 5.95 Å². The van der Waals surface area contributed by atoms with Crippen molar-refractivity contribution in [2.75, 3.05) is 36.4 Å². The van der Waals surface area contributed by atoms with Crippen molar-refractivity contribution in [3.8, 4) is 11.1 Å². The van der Waals surface area contributed by atoms with Crippen molar-refractivity contribution in [1.29, 1.82) is 0 Å². The molecule has 1 aliphatic heterocycles. The predicted molar refractivity (Wildman–Crippen MR) is 110 cm³/mol. The van der Waals surface area contributed by atoms with Crippen LogP contribution in [-0.2, 0) is 6.18 Å². The second-order valence-corrected chi connectivity index (χ2v) is 7.12. The Morgan fingerprint density at radius 1 is 0.967 bits per heavy atom. The van der Waals surface area contributed by atoms with E-state index in [1.54, 1.807) is 6.20 Å². The van der Waals surface area contributed by atoms with Crippen LogP contribution >= 0.6 is 0 Å². The van der Waals surface area contributed by atoms with Gasteiger partial charge >= 0.3 is 6.18 Å². The molecule has 3 heterocycles. The van der Waals surface area contributed by atoms with Gasteiger partial charge in [-0.2, -0.15) is 13.2 Å². The molecule has 30 heavy (non-hydrogen) atoms. The van der Waals surface area contributed by atoms with Gasteiger partial charge in [0.25, 0.3) is 0 Å². The van der Waals surface area contributed by atoms with Gasteiger partial charge in [-0.1, -0.05) is 6.07 Å². The molecule has 0 amide bonds. The zero-order chi connectivity index (χ0) is 21.1. The van der Waals surface area contributed by atoms with E-state index in [9.17, 15) is 13.2 Å². The summed E-state index contributed by atoms with van der Waals surface area (Å²) in [4.78, 5) is 14.2. The average molecular weight is 414 g/mol. The standard InChI is InChI=1S/C21H21F3N6/c1-14-10-16(15-2-4-26-19(13-15)30-8-6-25-7-9-30)12-17(11-14)28-20-27-5-3-18(29-20)21(22,23)24/h2-5,10-13,25H,6-9H2,1H3,(H,27,28,29). The van der Waals surface area contributed by atoms with Gasteiger partial charge in [-0.3, -0.25) is 0 Å². The van der Waals surface area contributed by atoms with Crippen LogP contribution in [-0.4, -0.2) is 41.1 Å². The molecular formula is C21H21F3N6.